The Balaban J connectivity index is 2.48. The summed E-state index contributed by atoms with van der Waals surface area (Å²) in [6.45, 7) is -0.195. The van der Waals surface area contributed by atoms with Crippen LogP contribution in [0.15, 0.2) is 41.4 Å². The Morgan fingerprint density at radius 3 is 2.14 bits per heavy atom. The first-order valence-corrected chi connectivity index (χ1v) is 10.4. The lowest BCUT2D eigenvalue weighted by Crippen LogP contribution is -2.28. The van der Waals surface area contributed by atoms with Crippen LogP contribution in [0.25, 0.3) is 0 Å². The molecule has 2 rings (SSSR count). The van der Waals surface area contributed by atoms with E-state index >= 15 is 0 Å². The highest BCUT2D eigenvalue weighted by molar-refractivity contribution is 7.90. The molecule has 2 aromatic rings. The van der Waals surface area contributed by atoms with E-state index in [0.717, 1.165) is 31.1 Å². The molecular weight excluding hydrogens is 405 g/mol. The van der Waals surface area contributed by atoms with Crippen LogP contribution in [0.2, 0.25) is 0 Å². The summed E-state index contributed by atoms with van der Waals surface area (Å²) in [4.78, 5) is 36.6. The van der Waals surface area contributed by atoms with E-state index in [-0.39, 0.29) is 29.2 Å². The van der Waals surface area contributed by atoms with Crippen molar-refractivity contribution < 1.29 is 36.7 Å². The number of benzene rings is 1. The molecule has 0 unspecified atom stereocenters. The normalized spacial score (nSPS) is 11.3. The van der Waals surface area contributed by atoms with Crippen molar-refractivity contribution in [3.05, 3.63) is 53.5 Å². The maximum Gasteiger partial charge on any atom is 0.320 e. The van der Waals surface area contributed by atoms with Gasteiger partial charge in [-0.3, -0.25) is 14.4 Å². The van der Waals surface area contributed by atoms with Gasteiger partial charge in [0.05, 0.1) is 25.5 Å². The Kier molecular flexibility index (Phi) is 6.91. The molecule has 156 valence electrons. The van der Waals surface area contributed by atoms with Crippen molar-refractivity contribution in [1.82, 2.24) is 4.57 Å². The molecule has 10 heteroatoms. The van der Waals surface area contributed by atoms with E-state index in [9.17, 15) is 27.2 Å². The van der Waals surface area contributed by atoms with Crippen LogP contribution in [0.1, 0.15) is 22.5 Å². The fourth-order valence-corrected chi connectivity index (χ4v) is 3.76. The largest absolute Gasteiger partial charge is 0.468 e. The Bertz CT molecular complexity index is 1030. The van der Waals surface area contributed by atoms with Crippen LogP contribution in [0, 0.1) is 11.7 Å². The molecule has 0 saturated heterocycles. The van der Waals surface area contributed by atoms with Crippen molar-refractivity contribution in [3.63, 3.8) is 0 Å². The Hall–Kier alpha value is -3.01. The number of esters is 2. The highest BCUT2D eigenvalue weighted by atomic mass is 32.2. The van der Waals surface area contributed by atoms with Crippen molar-refractivity contribution in [3.8, 4) is 0 Å². The van der Waals surface area contributed by atoms with E-state index in [2.05, 4.69) is 9.47 Å². The molecular formula is C19H20FNO7S. The minimum absolute atomic E-state index is 0.0935. The predicted octanol–water partition coefficient (Wildman–Crippen LogP) is 1.61. The van der Waals surface area contributed by atoms with Gasteiger partial charge in [0.2, 0.25) is 5.78 Å². The number of carbonyl (C=O) groups excluding carboxylic acids is 3. The SMILES string of the molecule is COC(=O)C(CCn1c(C(=O)c2ccccc2F)ccc1S(C)(=O)=O)C(=O)OC. The zero-order chi connectivity index (χ0) is 21.8. The highest BCUT2D eigenvalue weighted by Gasteiger charge is 2.30. The lowest BCUT2D eigenvalue weighted by Gasteiger charge is -2.16. The molecule has 0 saturated carbocycles. The zero-order valence-electron chi connectivity index (χ0n) is 16.0. The molecule has 0 N–H and O–H groups in total. The third-order valence-corrected chi connectivity index (χ3v) is 5.40. The van der Waals surface area contributed by atoms with Crippen molar-refractivity contribution in [1.29, 1.82) is 0 Å². The maximum absolute atomic E-state index is 14.0. The van der Waals surface area contributed by atoms with Crippen LogP contribution in [-0.4, -0.2) is 51.2 Å². The summed E-state index contributed by atoms with van der Waals surface area (Å²) in [5.41, 5.74) is -0.326. The average molecular weight is 425 g/mol. The fraction of sp³-hybridized carbons (Fsp3) is 0.316. The molecule has 0 aliphatic carbocycles. The summed E-state index contributed by atoms with van der Waals surface area (Å²) >= 11 is 0. The van der Waals surface area contributed by atoms with E-state index in [4.69, 9.17) is 0 Å². The maximum atomic E-state index is 14.0. The number of rotatable bonds is 8. The third kappa shape index (κ3) is 4.89. The molecule has 0 aliphatic rings. The number of sulfone groups is 1. The molecule has 1 heterocycles. The smallest absolute Gasteiger partial charge is 0.320 e. The number of ether oxygens (including phenoxy) is 2. The summed E-state index contributed by atoms with van der Waals surface area (Å²) in [5, 5.41) is -0.203. The van der Waals surface area contributed by atoms with E-state index < -0.39 is 39.3 Å². The van der Waals surface area contributed by atoms with Gasteiger partial charge in [-0.25, -0.2) is 12.8 Å². The quantitative estimate of drug-likeness (QED) is 0.359. The number of carbonyl (C=O) groups is 3. The molecule has 0 atom stereocenters. The van der Waals surface area contributed by atoms with Crippen molar-refractivity contribution in [2.75, 3.05) is 20.5 Å². The van der Waals surface area contributed by atoms with Gasteiger partial charge < -0.3 is 14.0 Å². The first-order chi connectivity index (χ1) is 13.6. The molecule has 1 aromatic heterocycles. The first kappa shape index (κ1) is 22.3. The standard InChI is InChI=1S/C19H20FNO7S/c1-27-18(23)13(19(24)28-2)10-11-21-15(8-9-16(21)29(3,25)26)17(22)12-6-4-5-7-14(12)20/h4-9,13H,10-11H2,1-3H3. The highest BCUT2D eigenvalue weighted by Crippen LogP contribution is 2.22. The number of methoxy groups -OCH3 is 2. The summed E-state index contributed by atoms with van der Waals surface area (Å²) in [6, 6.07) is 7.77. The molecule has 8 nitrogen and oxygen atoms in total. The fourth-order valence-electron chi connectivity index (χ4n) is 2.86. The van der Waals surface area contributed by atoms with Gasteiger partial charge in [0.15, 0.2) is 15.8 Å². The van der Waals surface area contributed by atoms with Crippen LogP contribution in [-0.2, 0) is 35.4 Å². The van der Waals surface area contributed by atoms with Gasteiger partial charge in [0.25, 0.3) is 0 Å². The van der Waals surface area contributed by atoms with Crippen LogP contribution in [0.3, 0.4) is 0 Å². The molecule has 0 spiro atoms. The van der Waals surface area contributed by atoms with Crippen LogP contribution in [0.4, 0.5) is 4.39 Å². The zero-order valence-corrected chi connectivity index (χ0v) is 16.9. The second-order valence-corrected chi connectivity index (χ2v) is 8.14. The van der Waals surface area contributed by atoms with Gasteiger partial charge in [-0.1, -0.05) is 12.1 Å². The number of hydrogen-bond acceptors (Lipinski definition) is 7. The van der Waals surface area contributed by atoms with E-state index in [1.165, 1.54) is 30.3 Å². The second kappa shape index (κ2) is 8.99. The predicted molar refractivity (Wildman–Crippen MR) is 99.5 cm³/mol. The Morgan fingerprint density at radius 1 is 1.03 bits per heavy atom. The molecule has 29 heavy (non-hydrogen) atoms. The number of halogens is 1. The molecule has 0 radical (unpaired) electrons. The average Bonchev–Trinajstić information content (AvgIpc) is 3.11. The minimum atomic E-state index is -3.75. The molecule has 1 aromatic carbocycles. The summed E-state index contributed by atoms with van der Waals surface area (Å²) in [5.74, 6) is -4.51. The summed E-state index contributed by atoms with van der Waals surface area (Å²) in [7, 11) is -1.55. The van der Waals surface area contributed by atoms with Crippen molar-refractivity contribution in [2.24, 2.45) is 5.92 Å². The van der Waals surface area contributed by atoms with Crippen LogP contribution >= 0.6 is 0 Å². The van der Waals surface area contributed by atoms with Gasteiger partial charge in [-0.2, -0.15) is 0 Å². The van der Waals surface area contributed by atoms with E-state index in [1.807, 2.05) is 0 Å². The molecule has 0 bridgehead atoms. The number of hydrogen-bond donors (Lipinski definition) is 0. The third-order valence-electron chi connectivity index (χ3n) is 4.28. The monoisotopic (exact) mass is 425 g/mol. The Morgan fingerprint density at radius 2 is 1.62 bits per heavy atom. The molecule has 0 fully saturated rings. The topological polar surface area (TPSA) is 109 Å². The van der Waals surface area contributed by atoms with Gasteiger partial charge >= 0.3 is 11.9 Å². The lowest BCUT2D eigenvalue weighted by molar-refractivity contribution is -0.159. The number of ketones is 1. The first-order valence-electron chi connectivity index (χ1n) is 8.46. The Labute approximate surface area is 167 Å². The number of nitrogens with zero attached hydrogens (tertiary/aromatic N) is 1. The van der Waals surface area contributed by atoms with Gasteiger partial charge in [0.1, 0.15) is 10.8 Å². The summed E-state index contributed by atoms with van der Waals surface area (Å²) < 4.78 is 48.6. The lowest BCUT2D eigenvalue weighted by atomic mass is 10.1. The van der Waals surface area contributed by atoms with Crippen molar-refractivity contribution >= 4 is 27.6 Å². The van der Waals surface area contributed by atoms with Crippen LogP contribution in [0.5, 0.6) is 0 Å². The molecule has 0 aliphatic heterocycles. The van der Waals surface area contributed by atoms with E-state index in [1.54, 1.807) is 0 Å². The summed E-state index contributed by atoms with van der Waals surface area (Å²) in [6.07, 6.45) is 0.766. The minimum Gasteiger partial charge on any atom is -0.468 e. The van der Waals surface area contributed by atoms with Crippen LogP contribution < -0.4 is 0 Å². The van der Waals surface area contributed by atoms with Gasteiger partial charge in [-0.15, -0.1) is 0 Å². The van der Waals surface area contributed by atoms with Gasteiger partial charge in [-0.05, 0) is 30.7 Å². The second-order valence-electron chi connectivity index (χ2n) is 6.18. The van der Waals surface area contributed by atoms with E-state index in [0.29, 0.717) is 0 Å². The van der Waals surface area contributed by atoms with Crippen molar-refractivity contribution in [2.45, 2.75) is 18.0 Å². The van der Waals surface area contributed by atoms with Gasteiger partial charge in [0, 0.05) is 12.8 Å². The number of aromatic nitrogens is 1. The molecule has 0 amide bonds.